The number of amides is 3. The molecule has 0 spiro atoms. The van der Waals surface area contributed by atoms with Crippen molar-refractivity contribution < 1.29 is 18.8 Å². The van der Waals surface area contributed by atoms with E-state index < -0.39 is 6.04 Å². The molecule has 1 unspecified atom stereocenters. The molecule has 3 amide bonds. The van der Waals surface area contributed by atoms with Crippen LogP contribution in [0.1, 0.15) is 23.1 Å². The molecule has 0 radical (unpaired) electrons. The third kappa shape index (κ3) is 4.60. The SMILES string of the molecule is Cc1ccccc1CC(=O)N1CCCN2C(=O)CN(Cc3ccc(F)cc3)C(=O)C2C1. The average molecular weight is 423 g/mol. The largest absolute Gasteiger partial charge is 0.340 e. The molecule has 0 bridgehead atoms. The van der Waals surface area contributed by atoms with E-state index in [-0.39, 0.29) is 49.6 Å². The maximum absolute atomic E-state index is 13.2. The molecular formula is C24H26FN3O3. The Bertz CT molecular complexity index is 992. The minimum Gasteiger partial charge on any atom is -0.340 e. The molecule has 1 atom stereocenters. The Morgan fingerprint density at radius 2 is 1.81 bits per heavy atom. The van der Waals surface area contributed by atoms with E-state index in [1.54, 1.807) is 21.9 Å². The molecule has 0 aliphatic carbocycles. The van der Waals surface area contributed by atoms with Gasteiger partial charge in [-0.1, -0.05) is 36.4 Å². The molecule has 2 aliphatic rings. The van der Waals surface area contributed by atoms with Gasteiger partial charge in [-0.2, -0.15) is 0 Å². The lowest BCUT2D eigenvalue weighted by Gasteiger charge is -2.40. The van der Waals surface area contributed by atoms with Crippen molar-refractivity contribution >= 4 is 17.7 Å². The number of benzene rings is 2. The first kappa shape index (κ1) is 21.0. The smallest absolute Gasteiger partial charge is 0.247 e. The standard InChI is InChI=1S/C24H26FN3O3/c1-17-5-2-3-6-19(17)13-22(29)26-11-4-12-28-21(15-26)24(31)27(16-23(28)30)14-18-7-9-20(25)10-8-18/h2-3,5-10,21H,4,11-16H2,1H3. The summed E-state index contributed by atoms with van der Waals surface area (Å²) >= 11 is 0. The zero-order valence-corrected chi connectivity index (χ0v) is 17.6. The zero-order chi connectivity index (χ0) is 22.0. The number of halogens is 1. The van der Waals surface area contributed by atoms with Crippen LogP contribution < -0.4 is 0 Å². The average Bonchev–Trinajstić information content (AvgIpc) is 2.99. The fourth-order valence-corrected chi connectivity index (χ4v) is 4.29. The number of carbonyl (C=O) groups excluding carboxylic acids is 3. The molecule has 2 aliphatic heterocycles. The van der Waals surface area contributed by atoms with Gasteiger partial charge in [0.25, 0.3) is 0 Å². The second kappa shape index (κ2) is 8.88. The molecule has 2 fully saturated rings. The number of hydrogen-bond acceptors (Lipinski definition) is 3. The fraction of sp³-hybridized carbons (Fsp3) is 0.375. The van der Waals surface area contributed by atoms with Crippen molar-refractivity contribution in [2.75, 3.05) is 26.2 Å². The van der Waals surface area contributed by atoms with Crippen LogP contribution >= 0.6 is 0 Å². The minimum absolute atomic E-state index is 0.00384. The van der Waals surface area contributed by atoms with Crippen LogP contribution in [0, 0.1) is 12.7 Å². The predicted octanol–water partition coefficient (Wildman–Crippen LogP) is 2.15. The number of carbonyl (C=O) groups is 3. The monoisotopic (exact) mass is 423 g/mol. The van der Waals surface area contributed by atoms with Gasteiger partial charge in [-0.05, 0) is 42.2 Å². The number of fused-ring (bicyclic) bond motifs is 1. The topological polar surface area (TPSA) is 60.9 Å². The lowest BCUT2D eigenvalue weighted by atomic mass is 10.0. The van der Waals surface area contributed by atoms with E-state index in [9.17, 15) is 18.8 Å². The van der Waals surface area contributed by atoms with Crippen molar-refractivity contribution in [3.05, 3.63) is 71.0 Å². The number of rotatable bonds is 4. The van der Waals surface area contributed by atoms with Gasteiger partial charge in [0.1, 0.15) is 18.4 Å². The van der Waals surface area contributed by atoms with Crippen molar-refractivity contribution in [3.63, 3.8) is 0 Å². The molecular weight excluding hydrogens is 397 g/mol. The summed E-state index contributed by atoms with van der Waals surface area (Å²) in [5, 5.41) is 0. The fourth-order valence-electron chi connectivity index (χ4n) is 4.29. The van der Waals surface area contributed by atoms with Gasteiger partial charge >= 0.3 is 0 Å². The van der Waals surface area contributed by atoms with Crippen LogP contribution in [0.15, 0.2) is 48.5 Å². The van der Waals surface area contributed by atoms with Crippen LogP contribution in [0.2, 0.25) is 0 Å². The van der Waals surface area contributed by atoms with Gasteiger partial charge in [-0.25, -0.2) is 4.39 Å². The summed E-state index contributed by atoms with van der Waals surface area (Å²) in [6.45, 7) is 3.42. The van der Waals surface area contributed by atoms with Crippen molar-refractivity contribution in [1.82, 2.24) is 14.7 Å². The van der Waals surface area contributed by atoms with Crippen LogP contribution in [-0.2, 0) is 27.3 Å². The van der Waals surface area contributed by atoms with Crippen molar-refractivity contribution in [2.24, 2.45) is 0 Å². The first-order chi connectivity index (χ1) is 14.9. The second-order valence-corrected chi connectivity index (χ2v) is 8.22. The highest BCUT2D eigenvalue weighted by molar-refractivity contribution is 5.95. The summed E-state index contributed by atoms with van der Waals surface area (Å²) in [7, 11) is 0. The third-order valence-corrected chi connectivity index (χ3v) is 6.08. The molecule has 4 rings (SSSR count). The number of aryl methyl sites for hydroxylation is 1. The molecule has 31 heavy (non-hydrogen) atoms. The summed E-state index contributed by atoms with van der Waals surface area (Å²) in [6, 6.07) is 13.0. The van der Waals surface area contributed by atoms with Gasteiger partial charge in [0.05, 0.1) is 13.0 Å². The first-order valence-electron chi connectivity index (χ1n) is 10.6. The van der Waals surface area contributed by atoms with Gasteiger partial charge < -0.3 is 14.7 Å². The first-order valence-corrected chi connectivity index (χ1v) is 10.6. The Balaban J connectivity index is 1.49. The molecule has 0 N–H and O–H groups in total. The molecule has 0 saturated carbocycles. The van der Waals surface area contributed by atoms with Crippen LogP contribution in [0.4, 0.5) is 4.39 Å². The van der Waals surface area contributed by atoms with Gasteiger partial charge in [0, 0.05) is 19.6 Å². The van der Waals surface area contributed by atoms with Gasteiger partial charge in [0.15, 0.2) is 0 Å². The molecule has 7 heteroatoms. The maximum atomic E-state index is 13.2. The van der Waals surface area contributed by atoms with Gasteiger partial charge in [-0.3, -0.25) is 14.4 Å². The quantitative estimate of drug-likeness (QED) is 0.757. The molecule has 2 aromatic rings. The van der Waals surface area contributed by atoms with Crippen LogP contribution in [0.5, 0.6) is 0 Å². The number of piperazine rings is 1. The van der Waals surface area contributed by atoms with Gasteiger partial charge in [0.2, 0.25) is 17.7 Å². The van der Waals surface area contributed by atoms with E-state index in [0.29, 0.717) is 19.5 Å². The van der Waals surface area contributed by atoms with E-state index >= 15 is 0 Å². The van der Waals surface area contributed by atoms with Crippen LogP contribution in [0.3, 0.4) is 0 Å². The minimum atomic E-state index is -0.676. The number of hydrogen-bond donors (Lipinski definition) is 0. The summed E-state index contributed by atoms with van der Waals surface area (Å²) in [4.78, 5) is 43.8. The Morgan fingerprint density at radius 3 is 2.55 bits per heavy atom. The lowest BCUT2D eigenvalue weighted by Crippen LogP contribution is -2.61. The zero-order valence-electron chi connectivity index (χ0n) is 17.6. The molecule has 2 heterocycles. The molecule has 162 valence electrons. The highest BCUT2D eigenvalue weighted by atomic mass is 19.1. The molecule has 2 aromatic carbocycles. The Morgan fingerprint density at radius 1 is 1.06 bits per heavy atom. The number of nitrogens with zero attached hydrogens (tertiary/aromatic N) is 3. The Hall–Kier alpha value is -3.22. The lowest BCUT2D eigenvalue weighted by molar-refractivity contribution is -0.157. The van der Waals surface area contributed by atoms with Crippen LogP contribution in [0.25, 0.3) is 0 Å². The third-order valence-electron chi connectivity index (χ3n) is 6.08. The van der Waals surface area contributed by atoms with Crippen LogP contribution in [-0.4, -0.2) is 64.6 Å². The molecule has 6 nitrogen and oxygen atoms in total. The molecule has 2 saturated heterocycles. The Kier molecular flexibility index (Phi) is 6.02. The highest BCUT2D eigenvalue weighted by Gasteiger charge is 2.41. The highest BCUT2D eigenvalue weighted by Crippen LogP contribution is 2.21. The van der Waals surface area contributed by atoms with E-state index in [1.807, 2.05) is 31.2 Å². The van der Waals surface area contributed by atoms with Gasteiger partial charge in [-0.15, -0.1) is 0 Å². The summed E-state index contributed by atoms with van der Waals surface area (Å²) in [6.07, 6.45) is 0.924. The maximum Gasteiger partial charge on any atom is 0.247 e. The van der Waals surface area contributed by atoms with E-state index in [0.717, 1.165) is 16.7 Å². The summed E-state index contributed by atoms with van der Waals surface area (Å²) < 4.78 is 13.2. The van der Waals surface area contributed by atoms with Crippen molar-refractivity contribution in [3.8, 4) is 0 Å². The normalized spacial score (nSPS) is 19.3. The second-order valence-electron chi connectivity index (χ2n) is 8.22. The Labute approximate surface area is 181 Å². The molecule has 0 aromatic heterocycles. The summed E-state index contributed by atoms with van der Waals surface area (Å²) in [5.74, 6) is -0.658. The predicted molar refractivity (Wildman–Crippen MR) is 113 cm³/mol. The summed E-state index contributed by atoms with van der Waals surface area (Å²) in [5.41, 5.74) is 2.79. The van der Waals surface area contributed by atoms with E-state index in [2.05, 4.69) is 0 Å². The van der Waals surface area contributed by atoms with E-state index in [4.69, 9.17) is 0 Å². The van der Waals surface area contributed by atoms with E-state index in [1.165, 1.54) is 17.0 Å². The van der Waals surface area contributed by atoms with Crippen molar-refractivity contribution in [1.29, 1.82) is 0 Å². The van der Waals surface area contributed by atoms with Crippen molar-refractivity contribution in [2.45, 2.75) is 32.4 Å².